The van der Waals surface area contributed by atoms with Crippen molar-refractivity contribution >= 4 is 28.8 Å². The van der Waals surface area contributed by atoms with Gasteiger partial charge in [0.25, 0.3) is 5.56 Å². The van der Waals surface area contributed by atoms with Gasteiger partial charge in [0, 0.05) is 5.71 Å². The van der Waals surface area contributed by atoms with Crippen molar-refractivity contribution < 1.29 is 30.0 Å². The molecule has 0 radical (unpaired) electrons. The molecule has 1 aliphatic heterocycles. The van der Waals surface area contributed by atoms with E-state index in [2.05, 4.69) is 19.9 Å². The number of nitrogens with zero attached hydrogens (tertiary/aromatic N) is 4. The van der Waals surface area contributed by atoms with Gasteiger partial charge in [0.15, 0.2) is 23.5 Å². The highest BCUT2D eigenvalue weighted by Gasteiger charge is 2.49. The van der Waals surface area contributed by atoms with Gasteiger partial charge in [-0.05, 0) is 13.8 Å². The average Bonchev–Trinajstić information content (AvgIpc) is 3.09. The zero-order chi connectivity index (χ0) is 19.2. The number of rotatable bonds is 4. The highest BCUT2D eigenvalue weighted by atomic mass is 16.6. The Hall–Kier alpha value is -2.67. The summed E-state index contributed by atoms with van der Waals surface area (Å²) >= 11 is 0. The van der Waals surface area contributed by atoms with Gasteiger partial charge in [0.1, 0.15) is 18.3 Å². The maximum Gasteiger partial charge on any atom is 0.335 e. The third-order valence-corrected chi connectivity index (χ3v) is 3.86. The summed E-state index contributed by atoms with van der Waals surface area (Å²) in [7, 11) is 0. The van der Waals surface area contributed by atoms with E-state index in [1.165, 1.54) is 4.57 Å². The van der Waals surface area contributed by atoms with Gasteiger partial charge in [-0.25, -0.2) is 14.8 Å². The van der Waals surface area contributed by atoms with Crippen molar-refractivity contribution in [1.29, 1.82) is 0 Å². The molecule has 0 amide bonds. The number of aliphatic imine (C=N–C) groups is 1. The number of aliphatic hydroxyl groups is 3. The number of ether oxygens (including phenoxy) is 1. The molecule has 26 heavy (non-hydrogen) atoms. The lowest BCUT2D eigenvalue weighted by atomic mass is 10.1. The smallest absolute Gasteiger partial charge is 0.335 e. The number of imidazole rings is 1. The molecule has 12 nitrogen and oxygen atoms in total. The lowest BCUT2D eigenvalue weighted by molar-refractivity contribution is -0.160. The molecule has 2 aromatic rings. The van der Waals surface area contributed by atoms with Crippen LogP contribution in [0.25, 0.3) is 11.2 Å². The van der Waals surface area contributed by atoms with E-state index in [-0.39, 0.29) is 17.1 Å². The Morgan fingerprint density at radius 3 is 2.69 bits per heavy atom. The van der Waals surface area contributed by atoms with Crippen LogP contribution < -0.4 is 5.56 Å². The molecule has 140 valence electrons. The molecule has 2 aromatic heterocycles. The number of hydrogen-bond acceptors (Lipinski definition) is 9. The SMILES string of the molecule is CC(C)=Nc1nc2c(ncn2[C@@H]2O[C@H](C(O)C(=O)O)[C@H](O)[C@H]2O)c(=O)[nH]1. The van der Waals surface area contributed by atoms with Gasteiger partial charge in [-0.2, -0.15) is 4.98 Å². The summed E-state index contributed by atoms with van der Waals surface area (Å²) in [6, 6.07) is 0. The van der Waals surface area contributed by atoms with Crippen molar-refractivity contribution in [3.05, 3.63) is 16.7 Å². The van der Waals surface area contributed by atoms with E-state index in [9.17, 15) is 24.9 Å². The van der Waals surface area contributed by atoms with Crippen molar-refractivity contribution in [3.8, 4) is 0 Å². The minimum Gasteiger partial charge on any atom is -0.479 e. The molecule has 1 aliphatic rings. The first kappa shape index (κ1) is 18.1. The summed E-state index contributed by atoms with van der Waals surface area (Å²) in [5.41, 5.74) is 0.0420. The Bertz CT molecular complexity index is 931. The fourth-order valence-electron chi connectivity index (χ4n) is 2.68. The van der Waals surface area contributed by atoms with Crippen molar-refractivity contribution in [2.45, 2.75) is 44.5 Å². The number of H-pyrrole nitrogens is 1. The van der Waals surface area contributed by atoms with Crippen LogP contribution in [-0.2, 0) is 9.53 Å². The zero-order valence-electron chi connectivity index (χ0n) is 13.8. The third kappa shape index (κ3) is 2.99. The van der Waals surface area contributed by atoms with Crippen LogP contribution in [0.5, 0.6) is 0 Å². The Labute approximate surface area is 145 Å². The molecule has 5 atom stereocenters. The minimum absolute atomic E-state index is 0.0133. The van der Waals surface area contributed by atoms with Gasteiger partial charge in [-0.1, -0.05) is 0 Å². The van der Waals surface area contributed by atoms with Crippen LogP contribution in [0.4, 0.5) is 5.95 Å². The molecule has 0 aliphatic carbocycles. The number of hydrogen-bond donors (Lipinski definition) is 5. The zero-order valence-corrected chi connectivity index (χ0v) is 13.8. The highest BCUT2D eigenvalue weighted by Crippen LogP contribution is 2.32. The van der Waals surface area contributed by atoms with Crippen molar-refractivity contribution in [3.63, 3.8) is 0 Å². The number of carbonyl (C=O) groups is 1. The Kier molecular flexibility index (Phi) is 4.58. The van der Waals surface area contributed by atoms with Crippen LogP contribution in [0, 0.1) is 0 Å². The average molecular weight is 367 g/mol. The fourth-order valence-corrected chi connectivity index (χ4v) is 2.68. The van der Waals surface area contributed by atoms with Gasteiger partial charge < -0.3 is 25.2 Å². The van der Waals surface area contributed by atoms with Gasteiger partial charge in [-0.3, -0.25) is 14.3 Å². The van der Waals surface area contributed by atoms with E-state index >= 15 is 0 Å². The van der Waals surface area contributed by atoms with Gasteiger partial charge in [-0.15, -0.1) is 0 Å². The summed E-state index contributed by atoms with van der Waals surface area (Å²) < 4.78 is 6.50. The van der Waals surface area contributed by atoms with E-state index in [1.54, 1.807) is 13.8 Å². The van der Waals surface area contributed by atoms with Crippen molar-refractivity contribution in [2.75, 3.05) is 0 Å². The first-order valence-corrected chi connectivity index (χ1v) is 7.62. The molecule has 3 rings (SSSR count). The predicted molar refractivity (Wildman–Crippen MR) is 86.2 cm³/mol. The fraction of sp³-hybridized carbons (Fsp3) is 0.500. The summed E-state index contributed by atoms with van der Waals surface area (Å²) in [4.78, 5) is 37.6. The molecule has 3 heterocycles. The molecule has 12 heteroatoms. The van der Waals surface area contributed by atoms with Crippen molar-refractivity contribution in [2.24, 2.45) is 4.99 Å². The molecule has 0 bridgehead atoms. The summed E-state index contributed by atoms with van der Waals surface area (Å²) in [6.45, 7) is 3.42. The van der Waals surface area contributed by atoms with Crippen LogP contribution in [0.2, 0.25) is 0 Å². The second-order valence-corrected chi connectivity index (χ2v) is 6.03. The van der Waals surface area contributed by atoms with E-state index in [0.717, 1.165) is 6.33 Å². The normalized spacial score (nSPS) is 26.8. The summed E-state index contributed by atoms with van der Waals surface area (Å²) in [5, 5.41) is 38.7. The molecular weight excluding hydrogens is 350 g/mol. The molecule has 1 saturated heterocycles. The molecule has 0 aromatic carbocycles. The van der Waals surface area contributed by atoms with E-state index in [1.807, 2.05) is 0 Å². The molecular formula is C14H17N5O7. The molecule has 1 unspecified atom stereocenters. The largest absolute Gasteiger partial charge is 0.479 e. The van der Waals surface area contributed by atoms with Gasteiger partial charge in [0.05, 0.1) is 6.33 Å². The van der Waals surface area contributed by atoms with Gasteiger partial charge in [0.2, 0.25) is 5.95 Å². The molecule has 1 fully saturated rings. The predicted octanol–water partition coefficient (Wildman–Crippen LogP) is -1.70. The van der Waals surface area contributed by atoms with Crippen LogP contribution in [-0.4, -0.2) is 76.0 Å². The Balaban J connectivity index is 2.05. The van der Waals surface area contributed by atoms with Crippen LogP contribution in [0.3, 0.4) is 0 Å². The lowest BCUT2D eigenvalue weighted by Gasteiger charge is -2.17. The number of carboxylic acids is 1. The first-order chi connectivity index (χ1) is 12.2. The standard InChI is InChI=1S/C14H17N5O7/c1-4(2)16-14-17-10-5(11(23)18-14)15-3-19(10)12-7(21)6(20)9(26-12)8(22)13(24)25/h3,6-9,12,20-22H,1-2H3,(H,24,25)(H,17,18,23)/t6-,7-,8?,9+,12-/m1/s1. The van der Waals surface area contributed by atoms with Crippen LogP contribution in [0.1, 0.15) is 20.1 Å². The number of nitrogens with one attached hydrogen (secondary N) is 1. The van der Waals surface area contributed by atoms with Crippen molar-refractivity contribution in [1.82, 2.24) is 19.5 Å². The second-order valence-electron chi connectivity index (χ2n) is 6.03. The first-order valence-electron chi connectivity index (χ1n) is 7.62. The number of fused-ring (bicyclic) bond motifs is 1. The minimum atomic E-state index is -2.04. The highest BCUT2D eigenvalue weighted by molar-refractivity contribution is 5.81. The third-order valence-electron chi connectivity index (χ3n) is 3.86. The maximum atomic E-state index is 12.1. The number of aromatic nitrogens is 4. The van der Waals surface area contributed by atoms with Crippen LogP contribution in [0.15, 0.2) is 16.1 Å². The number of carboxylic acid groups (broad SMARTS) is 1. The summed E-state index contributed by atoms with van der Waals surface area (Å²) in [6.07, 6.45) is -6.99. The topological polar surface area (TPSA) is 183 Å². The number of aliphatic carboxylic acids is 1. The lowest BCUT2D eigenvalue weighted by Crippen LogP contribution is -2.42. The van der Waals surface area contributed by atoms with E-state index < -0.39 is 42.2 Å². The number of aromatic amines is 1. The monoisotopic (exact) mass is 367 g/mol. The van der Waals surface area contributed by atoms with Gasteiger partial charge >= 0.3 is 5.97 Å². The van der Waals surface area contributed by atoms with E-state index in [4.69, 9.17) is 9.84 Å². The molecule has 5 N–H and O–H groups in total. The maximum absolute atomic E-state index is 12.1. The van der Waals surface area contributed by atoms with E-state index in [0.29, 0.717) is 5.71 Å². The summed E-state index contributed by atoms with van der Waals surface area (Å²) in [5.74, 6) is -1.60. The number of aliphatic hydroxyl groups excluding tert-OH is 3. The Morgan fingerprint density at radius 1 is 1.38 bits per heavy atom. The molecule has 0 spiro atoms. The second kappa shape index (κ2) is 6.57. The quantitative estimate of drug-likeness (QED) is 0.393. The van der Waals surface area contributed by atoms with Crippen LogP contribution >= 0.6 is 0 Å². The Morgan fingerprint density at radius 2 is 2.08 bits per heavy atom. The molecule has 0 saturated carbocycles.